The lowest BCUT2D eigenvalue weighted by atomic mass is 9.99. The molecule has 0 aliphatic rings. The number of aryl methyl sites for hydroxylation is 1. The highest BCUT2D eigenvalue weighted by molar-refractivity contribution is 5.95. The molecule has 176 valence electrons. The highest BCUT2D eigenvalue weighted by Gasteiger charge is 2.14. The summed E-state index contributed by atoms with van der Waals surface area (Å²) in [6.45, 7) is 5.39. The minimum Gasteiger partial charge on any atom is -0.457 e. The molecule has 0 fully saturated rings. The van der Waals surface area contributed by atoms with Gasteiger partial charge in [-0.05, 0) is 79.3 Å². The minimum atomic E-state index is -0.595. The number of hydrogen-bond donors (Lipinski definition) is 2. The summed E-state index contributed by atoms with van der Waals surface area (Å²) in [7, 11) is 0. The Morgan fingerprint density at radius 2 is 1.62 bits per heavy atom. The van der Waals surface area contributed by atoms with Crippen LogP contribution in [0.4, 0.5) is 5.69 Å². The molecule has 0 aliphatic carbocycles. The lowest BCUT2D eigenvalue weighted by Gasteiger charge is -2.18. The smallest absolute Gasteiger partial charge is 0.331 e. The number of hydrogen-bond acceptors (Lipinski definition) is 4. The van der Waals surface area contributed by atoms with Crippen molar-refractivity contribution in [3.63, 3.8) is 0 Å². The molecule has 0 radical (unpaired) electrons. The number of esters is 1. The number of aliphatic hydroxyl groups excluding tert-OH is 1. The summed E-state index contributed by atoms with van der Waals surface area (Å²) < 4.78 is 5.37. The number of aliphatic hydroxyl groups is 1. The van der Waals surface area contributed by atoms with E-state index in [4.69, 9.17) is 4.74 Å². The van der Waals surface area contributed by atoms with Crippen LogP contribution >= 0.6 is 0 Å². The average molecular weight is 458 g/mol. The summed E-state index contributed by atoms with van der Waals surface area (Å²) in [5.41, 5.74) is 4.44. The normalized spacial score (nSPS) is 11.4. The summed E-state index contributed by atoms with van der Waals surface area (Å²) >= 11 is 0. The van der Waals surface area contributed by atoms with Gasteiger partial charge in [-0.1, -0.05) is 54.6 Å². The average Bonchev–Trinajstić information content (AvgIpc) is 2.81. The largest absolute Gasteiger partial charge is 0.457 e. The molecule has 0 saturated heterocycles. The minimum absolute atomic E-state index is 0.0468. The monoisotopic (exact) mass is 457 g/mol. The molecular weight excluding hydrogens is 426 g/mol. The van der Waals surface area contributed by atoms with Crippen LogP contribution in [0.15, 0.2) is 78.9 Å². The number of amides is 1. The van der Waals surface area contributed by atoms with Crippen molar-refractivity contribution in [2.45, 2.75) is 45.8 Å². The highest BCUT2D eigenvalue weighted by Crippen LogP contribution is 2.27. The maximum Gasteiger partial charge on any atom is 0.331 e. The first-order chi connectivity index (χ1) is 16.2. The zero-order valence-corrected chi connectivity index (χ0v) is 19.9. The molecule has 0 bridgehead atoms. The molecule has 0 unspecified atom stereocenters. The Bertz CT molecular complexity index is 1160. The molecule has 0 aromatic heterocycles. The molecule has 5 nitrogen and oxygen atoms in total. The van der Waals surface area contributed by atoms with Gasteiger partial charge in [0.1, 0.15) is 5.60 Å². The van der Waals surface area contributed by atoms with E-state index in [1.807, 2.05) is 93.6 Å². The predicted molar refractivity (Wildman–Crippen MR) is 136 cm³/mol. The van der Waals surface area contributed by atoms with Gasteiger partial charge in [0.2, 0.25) is 5.91 Å². The standard InChI is InChI=1S/C29H31NO4/c1-29(2,3)34-28(33)17-14-25-19-24(23-11-7-10-22(18-23)20-31)13-15-26(25)30-27(32)16-12-21-8-5-4-6-9-21/h4-11,13-15,17-19,31H,12,16,20H2,1-3H3,(H,30,32)/b17-14+. The van der Waals surface area contributed by atoms with Crippen LogP contribution in [0.3, 0.4) is 0 Å². The van der Waals surface area contributed by atoms with Crippen molar-refractivity contribution in [3.05, 3.63) is 95.6 Å². The third kappa shape index (κ3) is 7.71. The molecular formula is C29H31NO4. The maximum absolute atomic E-state index is 12.6. The molecule has 0 heterocycles. The van der Waals surface area contributed by atoms with E-state index in [0.29, 0.717) is 24.1 Å². The third-order valence-corrected chi connectivity index (χ3v) is 5.06. The molecule has 3 aromatic rings. The van der Waals surface area contributed by atoms with Gasteiger partial charge in [-0.3, -0.25) is 4.79 Å². The highest BCUT2D eigenvalue weighted by atomic mass is 16.6. The van der Waals surface area contributed by atoms with E-state index in [-0.39, 0.29) is 12.5 Å². The van der Waals surface area contributed by atoms with E-state index in [0.717, 1.165) is 22.3 Å². The first-order valence-electron chi connectivity index (χ1n) is 11.3. The molecule has 34 heavy (non-hydrogen) atoms. The van der Waals surface area contributed by atoms with Crippen LogP contribution in [-0.4, -0.2) is 22.6 Å². The lowest BCUT2D eigenvalue weighted by Crippen LogP contribution is -2.22. The van der Waals surface area contributed by atoms with Crippen molar-refractivity contribution < 1.29 is 19.4 Å². The van der Waals surface area contributed by atoms with Crippen molar-refractivity contribution in [1.82, 2.24) is 0 Å². The Kier molecular flexibility index (Phi) is 8.39. The van der Waals surface area contributed by atoms with E-state index in [9.17, 15) is 14.7 Å². The van der Waals surface area contributed by atoms with Gasteiger partial charge in [0.15, 0.2) is 0 Å². The van der Waals surface area contributed by atoms with Crippen LogP contribution in [0.2, 0.25) is 0 Å². The summed E-state index contributed by atoms with van der Waals surface area (Å²) in [5, 5.41) is 12.4. The quantitative estimate of drug-likeness (QED) is 0.332. The van der Waals surface area contributed by atoms with Crippen molar-refractivity contribution >= 4 is 23.6 Å². The second-order valence-electron chi connectivity index (χ2n) is 9.06. The number of carbonyl (C=O) groups excluding carboxylic acids is 2. The number of carbonyl (C=O) groups is 2. The maximum atomic E-state index is 12.6. The fourth-order valence-electron chi connectivity index (χ4n) is 3.45. The number of ether oxygens (including phenoxy) is 1. The molecule has 0 spiro atoms. The number of anilines is 1. The second kappa shape index (κ2) is 11.4. The van der Waals surface area contributed by atoms with Gasteiger partial charge in [-0.15, -0.1) is 0 Å². The number of benzene rings is 3. The third-order valence-electron chi connectivity index (χ3n) is 5.06. The first kappa shape index (κ1) is 24.9. The summed E-state index contributed by atoms with van der Waals surface area (Å²) in [6.07, 6.45) is 4.01. The molecule has 2 N–H and O–H groups in total. The van der Waals surface area contributed by atoms with Gasteiger partial charge < -0.3 is 15.2 Å². The zero-order chi connectivity index (χ0) is 24.6. The molecule has 3 rings (SSSR count). The van der Waals surface area contributed by atoms with Crippen molar-refractivity contribution in [2.75, 3.05) is 5.32 Å². The van der Waals surface area contributed by atoms with Crippen molar-refractivity contribution in [2.24, 2.45) is 0 Å². The molecule has 3 aromatic carbocycles. The SMILES string of the molecule is CC(C)(C)OC(=O)/C=C/c1cc(-c2cccc(CO)c2)ccc1NC(=O)CCc1ccccc1. The van der Waals surface area contributed by atoms with Crippen LogP contribution in [-0.2, 0) is 27.4 Å². The van der Waals surface area contributed by atoms with Gasteiger partial charge in [0.05, 0.1) is 6.61 Å². The van der Waals surface area contributed by atoms with Gasteiger partial charge >= 0.3 is 5.97 Å². The topological polar surface area (TPSA) is 75.6 Å². The van der Waals surface area contributed by atoms with Crippen LogP contribution in [0.25, 0.3) is 17.2 Å². The van der Waals surface area contributed by atoms with Crippen LogP contribution in [0, 0.1) is 0 Å². The fraction of sp³-hybridized carbons (Fsp3) is 0.241. The van der Waals surface area contributed by atoms with Crippen LogP contribution in [0.1, 0.15) is 43.9 Å². The van der Waals surface area contributed by atoms with E-state index >= 15 is 0 Å². The summed E-state index contributed by atoms with van der Waals surface area (Å²) in [4.78, 5) is 24.9. The van der Waals surface area contributed by atoms with Gasteiger partial charge in [0, 0.05) is 18.2 Å². The van der Waals surface area contributed by atoms with Crippen molar-refractivity contribution in [1.29, 1.82) is 0 Å². The van der Waals surface area contributed by atoms with Crippen LogP contribution in [0.5, 0.6) is 0 Å². The Morgan fingerprint density at radius 3 is 2.32 bits per heavy atom. The molecule has 0 saturated carbocycles. The summed E-state index contributed by atoms with van der Waals surface area (Å²) in [6, 6.07) is 23.1. The van der Waals surface area contributed by atoms with E-state index < -0.39 is 11.6 Å². The Hall–Kier alpha value is -3.70. The molecule has 1 amide bonds. The number of rotatable bonds is 8. The fourth-order valence-corrected chi connectivity index (χ4v) is 3.45. The van der Waals surface area contributed by atoms with E-state index in [1.165, 1.54) is 6.08 Å². The second-order valence-corrected chi connectivity index (χ2v) is 9.06. The number of nitrogens with one attached hydrogen (secondary N) is 1. The van der Waals surface area contributed by atoms with E-state index in [1.54, 1.807) is 6.08 Å². The van der Waals surface area contributed by atoms with Gasteiger partial charge in [-0.25, -0.2) is 4.79 Å². The predicted octanol–water partition coefficient (Wildman–Crippen LogP) is 5.77. The van der Waals surface area contributed by atoms with E-state index in [2.05, 4.69) is 5.32 Å². The molecule has 0 aliphatic heterocycles. The Balaban J connectivity index is 1.84. The Morgan fingerprint density at radius 1 is 0.912 bits per heavy atom. The summed E-state index contributed by atoms with van der Waals surface area (Å²) in [5.74, 6) is -0.563. The Labute approximate surface area is 201 Å². The van der Waals surface area contributed by atoms with Crippen molar-refractivity contribution in [3.8, 4) is 11.1 Å². The lowest BCUT2D eigenvalue weighted by molar-refractivity contribution is -0.148. The first-order valence-corrected chi connectivity index (χ1v) is 11.3. The van der Waals surface area contributed by atoms with Gasteiger partial charge in [-0.2, -0.15) is 0 Å². The van der Waals surface area contributed by atoms with Crippen LogP contribution < -0.4 is 5.32 Å². The molecule has 5 heteroatoms. The molecule has 0 atom stereocenters. The van der Waals surface area contributed by atoms with Gasteiger partial charge in [0.25, 0.3) is 0 Å². The zero-order valence-electron chi connectivity index (χ0n) is 19.9.